The van der Waals surface area contributed by atoms with E-state index in [1.165, 1.54) is 0 Å². The van der Waals surface area contributed by atoms with Gasteiger partial charge in [0, 0.05) is 16.8 Å². The summed E-state index contributed by atoms with van der Waals surface area (Å²) in [5.74, 6) is 0. The van der Waals surface area contributed by atoms with Gasteiger partial charge >= 0.3 is 0 Å². The zero-order valence-electron chi connectivity index (χ0n) is 10.9. The Labute approximate surface area is 125 Å². The topological polar surface area (TPSA) is 43.9 Å². The summed E-state index contributed by atoms with van der Waals surface area (Å²) < 4.78 is 7.13. The fraction of sp³-hybridized carbons (Fsp3) is 0. The molecule has 4 aromatic rings. The van der Waals surface area contributed by atoms with Crippen LogP contribution in [0.5, 0.6) is 0 Å². The summed E-state index contributed by atoms with van der Waals surface area (Å²) in [6.07, 6.45) is 3.69. The minimum absolute atomic E-state index is 0.655. The van der Waals surface area contributed by atoms with Gasteiger partial charge in [-0.3, -0.25) is 0 Å². The zero-order valence-corrected chi connectivity index (χ0v) is 11.7. The quantitative estimate of drug-likeness (QED) is 0.553. The average Bonchev–Trinajstić information content (AvgIpc) is 3.14. The van der Waals surface area contributed by atoms with E-state index in [1.54, 1.807) is 16.9 Å². The second kappa shape index (κ2) is 4.75. The van der Waals surface area contributed by atoms with Crippen molar-refractivity contribution in [3.05, 3.63) is 65.9 Å². The first-order valence-electron chi connectivity index (χ1n) is 6.47. The predicted octanol–water partition coefficient (Wildman–Crippen LogP) is 4.33. The van der Waals surface area contributed by atoms with Crippen LogP contribution >= 0.6 is 11.6 Å². The maximum atomic E-state index is 6.05. The fourth-order valence-electron chi connectivity index (χ4n) is 2.29. The summed E-state index contributed by atoms with van der Waals surface area (Å²) in [4.78, 5) is 0. The lowest BCUT2D eigenvalue weighted by atomic mass is 10.1. The van der Waals surface area contributed by atoms with Crippen molar-refractivity contribution in [1.29, 1.82) is 0 Å². The Morgan fingerprint density at radius 2 is 1.90 bits per heavy atom. The lowest BCUT2D eigenvalue weighted by molar-refractivity contribution is 0.459. The van der Waals surface area contributed by atoms with E-state index in [0.717, 1.165) is 22.3 Å². The van der Waals surface area contributed by atoms with Crippen LogP contribution < -0.4 is 0 Å². The van der Waals surface area contributed by atoms with Crippen LogP contribution in [0.15, 0.2) is 65.4 Å². The van der Waals surface area contributed by atoms with Gasteiger partial charge in [0.2, 0.25) is 0 Å². The van der Waals surface area contributed by atoms with E-state index in [1.807, 2.05) is 48.7 Å². The number of halogens is 1. The van der Waals surface area contributed by atoms with Gasteiger partial charge in [-0.15, -0.1) is 0 Å². The summed E-state index contributed by atoms with van der Waals surface area (Å²) in [6.45, 7) is 0. The van der Waals surface area contributed by atoms with Crippen molar-refractivity contribution in [3.63, 3.8) is 0 Å². The first kappa shape index (κ1) is 12.2. The number of benzene rings is 2. The van der Waals surface area contributed by atoms with Gasteiger partial charge in [-0.1, -0.05) is 35.0 Å². The first-order valence-corrected chi connectivity index (χ1v) is 6.84. The third-order valence-corrected chi connectivity index (χ3v) is 3.54. The molecule has 5 heteroatoms. The van der Waals surface area contributed by atoms with Crippen molar-refractivity contribution in [2.45, 2.75) is 0 Å². The van der Waals surface area contributed by atoms with Crippen LogP contribution in [-0.2, 0) is 0 Å². The van der Waals surface area contributed by atoms with Crippen molar-refractivity contribution < 1.29 is 4.52 Å². The second-order valence-corrected chi connectivity index (χ2v) is 5.12. The molecule has 102 valence electrons. The van der Waals surface area contributed by atoms with Gasteiger partial charge in [0.05, 0.1) is 17.3 Å². The molecular weight excluding hydrogens is 286 g/mol. The van der Waals surface area contributed by atoms with Gasteiger partial charge in [0.15, 0.2) is 5.58 Å². The van der Waals surface area contributed by atoms with Crippen LogP contribution in [-0.4, -0.2) is 14.9 Å². The summed E-state index contributed by atoms with van der Waals surface area (Å²) in [7, 11) is 0. The minimum Gasteiger partial charge on any atom is -0.356 e. The molecule has 0 fully saturated rings. The van der Waals surface area contributed by atoms with Gasteiger partial charge in [-0.25, -0.2) is 4.68 Å². The van der Waals surface area contributed by atoms with Crippen molar-refractivity contribution in [2.75, 3.05) is 0 Å². The molecule has 0 aliphatic carbocycles. The summed E-state index contributed by atoms with van der Waals surface area (Å²) in [6, 6.07) is 15.4. The van der Waals surface area contributed by atoms with E-state index < -0.39 is 0 Å². The minimum atomic E-state index is 0.655. The number of fused-ring (bicyclic) bond motifs is 1. The number of para-hydroxylation sites is 1. The highest BCUT2D eigenvalue weighted by molar-refractivity contribution is 6.31. The van der Waals surface area contributed by atoms with E-state index in [0.29, 0.717) is 10.6 Å². The Morgan fingerprint density at radius 1 is 1.05 bits per heavy atom. The van der Waals surface area contributed by atoms with E-state index in [-0.39, 0.29) is 0 Å². The molecule has 0 aliphatic heterocycles. The van der Waals surface area contributed by atoms with E-state index in [9.17, 15) is 0 Å². The highest BCUT2D eigenvalue weighted by atomic mass is 35.5. The molecule has 0 radical (unpaired) electrons. The summed E-state index contributed by atoms with van der Waals surface area (Å²) in [5.41, 5.74) is 3.34. The SMILES string of the molecule is Clc1ccc2onc(-c3cnn(-c4ccccc4)c3)c2c1. The van der Waals surface area contributed by atoms with Gasteiger partial charge in [0.1, 0.15) is 5.69 Å². The summed E-state index contributed by atoms with van der Waals surface area (Å²) >= 11 is 6.05. The third kappa shape index (κ3) is 2.10. The monoisotopic (exact) mass is 295 g/mol. The Morgan fingerprint density at radius 3 is 2.76 bits per heavy atom. The average molecular weight is 296 g/mol. The highest BCUT2D eigenvalue weighted by Crippen LogP contribution is 2.30. The Kier molecular flexibility index (Phi) is 2.75. The molecule has 2 heterocycles. The van der Waals surface area contributed by atoms with Crippen LogP contribution in [0.25, 0.3) is 27.9 Å². The molecule has 0 unspecified atom stereocenters. The van der Waals surface area contributed by atoms with Gasteiger partial charge < -0.3 is 4.52 Å². The normalized spacial score (nSPS) is 11.1. The zero-order chi connectivity index (χ0) is 14.2. The molecule has 0 N–H and O–H groups in total. The lowest BCUT2D eigenvalue weighted by Gasteiger charge is -1.98. The van der Waals surface area contributed by atoms with Gasteiger partial charge in [-0.05, 0) is 30.3 Å². The molecule has 0 saturated heterocycles. The molecule has 0 bridgehead atoms. The molecule has 0 spiro atoms. The predicted molar refractivity (Wildman–Crippen MR) is 81.6 cm³/mol. The lowest BCUT2D eigenvalue weighted by Crippen LogP contribution is -1.92. The molecule has 0 amide bonds. The van der Waals surface area contributed by atoms with E-state index >= 15 is 0 Å². The molecule has 21 heavy (non-hydrogen) atoms. The molecule has 0 aliphatic rings. The molecule has 2 aromatic carbocycles. The van der Waals surface area contributed by atoms with Crippen LogP contribution in [0.2, 0.25) is 5.02 Å². The van der Waals surface area contributed by atoms with Crippen LogP contribution in [0.1, 0.15) is 0 Å². The van der Waals surface area contributed by atoms with E-state index in [4.69, 9.17) is 16.1 Å². The Hall–Kier alpha value is -2.59. The standard InChI is InChI=1S/C16H10ClN3O/c17-12-6-7-15-14(8-12)16(19-21-15)11-9-18-20(10-11)13-4-2-1-3-5-13/h1-10H. The van der Waals surface area contributed by atoms with E-state index in [2.05, 4.69) is 10.3 Å². The van der Waals surface area contributed by atoms with Crippen molar-refractivity contribution in [3.8, 4) is 16.9 Å². The summed E-state index contributed by atoms with van der Waals surface area (Å²) in [5, 5.41) is 10.0. The van der Waals surface area contributed by atoms with Crippen LogP contribution in [0.4, 0.5) is 0 Å². The van der Waals surface area contributed by atoms with Gasteiger partial charge in [0.25, 0.3) is 0 Å². The number of nitrogens with zero attached hydrogens (tertiary/aromatic N) is 3. The van der Waals surface area contributed by atoms with Crippen LogP contribution in [0.3, 0.4) is 0 Å². The molecular formula is C16H10ClN3O. The highest BCUT2D eigenvalue weighted by Gasteiger charge is 2.13. The molecule has 4 rings (SSSR count). The van der Waals surface area contributed by atoms with Crippen molar-refractivity contribution >= 4 is 22.6 Å². The Balaban J connectivity index is 1.83. The molecule has 4 nitrogen and oxygen atoms in total. The Bertz CT molecular complexity index is 912. The molecule has 0 atom stereocenters. The smallest absolute Gasteiger partial charge is 0.167 e. The van der Waals surface area contributed by atoms with Crippen molar-refractivity contribution in [1.82, 2.24) is 14.9 Å². The largest absolute Gasteiger partial charge is 0.356 e. The second-order valence-electron chi connectivity index (χ2n) is 4.68. The number of aromatic nitrogens is 3. The molecule has 2 aromatic heterocycles. The maximum absolute atomic E-state index is 6.05. The van der Waals surface area contributed by atoms with Crippen LogP contribution in [0, 0.1) is 0 Å². The maximum Gasteiger partial charge on any atom is 0.167 e. The number of hydrogen-bond donors (Lipinski definition) is 0. The fourth-order valence-corrected chi connectivity index (χ4v) is 2.46. The van der Waals surface area contributed by atoms with Gasteiger partial charge in [-0.2, -0.15) is 5.10 Å². The first-order chi connectivity index (χ1) is 10.3. The third-order valence-electron chi connectivity index (χ3n) is 3.31. The number of rotatable bonds is 2. The number of hydrogen-bond acceptors (Lipinski definition) is 3. The van der Waals surface area contributed by atoms with Crippen molar-refractivity contribution in [2.24, 2.45) is 0 Å². The molecule has 0 saturated carbocycles.